The van der Waals surface area contributed by atoms with Crippen molar-refractivity contribution in [3.63, 3.8) is 0 Å². The molecular weight excluding hydrogens is 301 g/mol. The molecule has 22 heavy (non-hydrogen) atoms. The molecule has 1 rings (SSSR count). The number of para-hydroxylation sites is 2. The van der Waals surface area contributed by atoms with Crippen LogP contribution in [-0.4, -0.2) is 24.7 Å². The molecule has 0 spiro atoms. The van der Waals surface area contributed by atoms with Gasteiger partial charge in [-0.2, -0.15) is 0 Å². The summed E-state index contributed by atoms with van der Waals surface area (Å²) in [6, 6.07) is 5.14. The van der Waals surface area contributed by atoms with Crippen LogP contribution in [0.5, 0.6) is 5.75 Å². The van der Waals surface area contributed by atoms with E-state index in [1.54, 1.807) is 20.8 Å². The third-order valence-electron chi connectivity index (χ3n) is 2.48. The van der Waals surface area contributed by atoms with E-state index in [1.165, 1.54) is 18.2 Å². The second kappa shape index (κ2) is 6.67. The third-order valence-corrected chi connectivity index (χ3v) is 2.48. The molecule has 0 aliphatic heterocycles. The molecule has 0 radical (unpaired) electrons. The van der Waals surface area contributed by atoms with Crippen LogP contribution >= 0.6 is 0 Å². The molecule has 122 valence electrons. The maximum atomic E-state index is 12.3. The van der Waals surface area contributed by atoms with Gasteiger partial charge in [0.25, 0.3) is 0 Å². The van der Waals surface area contributed by atoms with Crippen LogP contribution in [-0.2, 0) is 9.59 Å². The Bertz CT molecular complexity index is 551. The fourth-order valence-electron chi connectivity index (χ4n) is 1.40. The third kappa shape index (κ3) is 6.02. The van der Waals surface area contributed by atoms with E-state index in [0.29, 0.717) is 0 Å². The normalized spacial score (nSPS) is 11.7. The van der Waals surface area contributed by atoms with Crippen molar-refractivity contribution < 1.29 is 27.5 Å². The number of benzene rings is 1. The molecule has 0 aliphatic carbocycles. The summed E-state index contributed by atoms with van der Waals surface area (Å²) in [4.78, 5) is 23.3. The lowest BCUT2D eigenvalue weighted by Gasteiger charge is -2.18. The summed E-state index contributed by atoms with van der Waals surface area (Å²) in [6.07, 6.45) is -4.86. The molecule has 5 nitrogen and oxygen atoms in total. The Balaban J connectivity index is 2.67. The second-order valence-electron chi connectivity index (χ2n) is 5.52. The number of rotatable bonds is 4. The molecule has 0 unspecified atom stereocenters. The van der Waals surface area contributed by atoms with E-state index in [-0.39, 0.29) is 18.1 Å². The molecular formula is C14H17F3N2O3. The molecule has 0 aliphatic rings. The summed E-state index contributed by atoms with van der Waals surface area (Å²) in [7, 11) is 0. The summed E-state index contributed by atoms with van der Waals surface area (Å²) in [6.45, 7) is 4.67. The topological polar surface area (TPSA) is 67.4 Å². The van der Waals surface area contributed by atoms with Crippen molar-refractivity contribution in [2.45, 2.75) is 27.1 Å². The van der Waals surface area contributed by atoms with Gasteiger partial charge < -0.3 is 15.4 Å². The van der Waals surface area contributed by atoms with Gasteiger partial charge in [-0.1, -0.05) is 32.9 Å². The number of carbonyl (C=O) groups is 2. The quantitative estimate of drug-likeness (QED) is 0.897. The predicted octanol–water partition coefficient (Wildman–Crippen LogP) is 2.69. The van der Waals surface area contributed by atoms with Gasteiger partial charge in [-0.25, -0.2) is 0 Å². The van der Waals surface area contributed by atoms with E-state index < -0.39 is 23.4 Å². The van der Waals surface area contributed by atoms with Crippen LogP contribution in [0.1, 0.15) is 20.8 Å². The number of amides is 2. The van der Waals surface area contributed by atoms with Gasteiger partial charge in [-0.05, 0) is 12.1 Å². The maximum absolute atomic E-state index is 12.3. The number of hydrogen-bond donors (Lipinski definition) is 2. The zero-order chi connectivity index (χ0) is 17.0. The summed E-state index contributed by atoms with van der Waals surface area (Å²) in [5.41, 5.74) is -0.799. The minimum absolute atomic E-state index is 0.130. The van der Waals surface area contributed by atoms with Crippen molar-refractivity contribution in [2.24, 2.45) is 5.41 Å². The zero-order valence-electron chi connectivity index (χ0n) is 12.4. The number of anilines is 1. The minimum atomic E-state index is -4.86. The van der Waals surface area contributed by atoms with Crippen LogP contribution in [0.3, 0.4) is 0 Å². The average Bonchev–Trinajstić information content (AvgIpc) is 2.35. The molecule has 0 bridgehead atoms. The Morgan fingerprint density at radius 2 is 1.73 bits per heavy atom. The van der Waals surface area contributed by atoms with Crippen LogP contribution < -0.4 is 15.4 Å². The van der Waals surface area contributed by atoms with Crippen molar-refractivity contribution in [3.05, 3.63) is 24.3 Å². The molecule has 0 atom stereocenters. The van der Waals surface area contributed by atoms with E-state index in [4.69, 9.17) is 0 Å². The SMILES string of the molecule is CC(C)(C)C(=O)NCC(=O)Nc1ccccc1OC(F)(F)F. The maximum Gasteiger partial charge on any atom is 0.573 e. The van der Waals surface area contributed by atoms with Gasteiger partial charge >= 0.3 is 6.36 Å². The molecule has 2 N–H and O–H groups in total. The van der Waals surface area contributed by atoms with E-state index in [0.717, 1.165) is 6.07 Å². The van der Waals surface area contributed by atoms with Crippen LogP contribution in [0.25, 0.3) is 0 Å². The highest BCUT2D eigenvalue weighted by molar-refractivity contribution is 5.96. The Kier molecular flexibility index (Phi) is 5.40. The van der Waals surface area contributed by atoms with E-state index in [9.17, 15) is 22.8 Å². The lowest BCUT2D eigenvalue weighted by atomic mass is 9.96. The molecule has 8 heteroatoms. The molecule has 0 heterocycles. The first-order chi connectivity index (χ1) is 9.99. The standard InChI is InChI=1S/C14H17F3N2O3/c1-13(2,3)12(21)18-8-11(20)19-9-6-4-5-7-10(9)22-14(15,16)17/h4-7H,8H2,1-3H3,(H,18,21)(H,19,20). The zero-order valence-corrected chi connectivity index (χ0v) is 12.4. The number of halogens is 3. The number of carbonyl (C=O) groups excluding carboxylic acids is 2. The van der Waals surface area contributed by atoms with Crippen LogP contribution in [0.4, 0.5) is 18.9 Å². The first kappa shape index (κ1) is 17.8. The molecule has 0 aromatic heterocycles. The molecule has 1 aromatic rings. The smallest absolute Gasteiger partial charge is 0.404 e. The molecule has 0 saturated carbocycles. The largest absolute Gasteiger partial charge is 0.573 e. The van der Waals surface area contributed by atoms with Gasteiger partial charge in [0.05, 0.1) is 12.2 Å². The monoisotopic (exact) mass is 318 g/mol. The van der Waals surface area contributed by atoms with Crippen LogP contribution in [0, 0.1) is 5.41 Å². The highest BCUT2D eigenvalue weighted by atomic mass is 19.4. The summed E-state index contributed by atoms with van der Waals surface area (Å²) < 4.78 is 40.6. The second-order valence-corrected chi connectivity index (χ2v) is 5.52. The minimum Gasteiger partial charge on any atom is -0.404 e. The number of ether oxygens (including phenoxy) is 1. The molecule has 2 amide bonds. The summed E-state index contributed by atoms with van der Waals surface area (Å²) in [5, 5.41) is 4.66. The van der Waals surface area contributed by atoms with E-state index >= 15 is 0 Å². The predicted molar refractivity (Wildman–Crippen MR) is 74.2 cm³/mol. The highest BCUT2D eigenvalue weighted by Gasteiger charge is 2.32. The fraction of sp³-hybridized carbons (Fsp3) is 0.429. The Hall–Kier alpha value is -2.25. The van der Waals surface area contributed by atoms with Crippen molar-refractivity contribution in [2.75, 3.05) is 11.9 Å². The number of hydrogen-bond acceptors (Lipinski definition) is 3. The molecule has 0 saturated heterocycles. The van der Waals surface area contributed by atoms with Crippen LogP contribution in [0.15, 0.2) is 24.3 Å². The van der Waals surface area contributed by atoms with Gasteiger partial charge in [0.2, 0.25) is 11.8 Å². The van der Waals surface area contributed by atoms with Crippen molar-refractivity contribution >= 4 is 17.5 Å². The molecule has 1 aromatic carbocycles. The van der Waals surface area contributed by atoms with Gasteiger partial charge in [0.15, 0.2) is 5.75 Å². The number of alkyl halides is 3. The number of nitrogens with one attached hydrogen (secondary N) is 2. The molecule has 0 fully saturated rings. The van der Waals surface area contributed by atoms with Gasteiger partial charge in [0, 0.05) is 5.41 Å². The average molecular weight is 318 g/mol. The lowest BCUT2D eigenvalue weighted by Crippen LogP contribution is -2.39. The van der Waals surface area contributed by atoms with Gasteiger partial charge in [-0.3, -0.25) is 9.59 Å². The Morgan fingerprint density at radius 1 is 1.14 bits per heavy atom. The fourth-order valence-corrected chi connectivity index (χ4v) is 1.40. The lowest BCUT2D eigenvalue weighted by molar-refractivity contribution is -0.274. The van der Waals surface area contributed by atoms with Crippen molar-refractivity contribution in [1.29, 1.82) is 0 Å². The van der Waals surface area contributed by atoms with E-state index in [2.05, 4.69) is 15.4 Å². The van der Waals surface area contributed by atoms with Crippen molar-refractivity contribution in [1.82, 2.24) is 5.32 Å². The first-order valence-corrected chi connectivity index (χ1v) is 6.42. The van der Waals surface area contributed by atoms with Gasteiger partial charge in [-0.15, -0.1) is 13.2 Å². The van der Waals surface area contributed by atoms with Crippen molar-refractivity contribution in [3.8, 4) is 5.75 Å². The van der Waals surface area contributed by atoms with Crippen LogP contribution in [0.2, 0.25) is 0 Å². The van der Waals surface area contributed by atoms with E-state index in [1.807, 2.05) is 0 Å². The van der Waals surface area contributed by atoms with Gasteiger partial charge in [0.1, 0.15) is 0 Å². The Labute approximate surface area is 125 Å². The summed E-state index contributed by atoms with van der Waals surface area (Å²) >= 11 is 0. The first-order valence-electron chi connectivity index (χ1n) is 6.42. The Morgan fingerprint density at radius 3 is 2.27 bits per heavy atom. The highest BCUT2D eigenvalue weighted by Crippen LogP contribution is 2.29. The summed E-state index contributed by atoms with van der Waals surface area (Å²) in [5.74, 6) is -1.52.